The van der Waals surface area contributed by atoms with E-state index in [2.05, 4.69) is 22.6 Å². The SMILES string of the molecule is CCCNC(CCC1CCCCC1)c1cscn1. The number of thiazole rings is 1. The van der Waals surface area contributed by atoms with Gasteiger partial charge in [-0.05, 0) is 31.7 Å². The van der Waals surface area contributed by atoms with E-state index in [1.807, 2.05) is 5.51 Å². The van der Waals surface area contributed by atoms with Gasteiger partial charge in [0.1, 0.15) is 0 Å². The van der Waals surface area contributed by atoms with Gasteiger partial charge >= 0.3 is 0 Å². The highest BCUT2D eigenvalue weighted by Crippen LogP contribution is 2.30. The molecule has 3 heteroatoms. The van der Waals surface area contributed by atoms with Crippen LogP contribution < -0.4 is 5.32 Å². The monoisotopic (exact) mass is 266 g/mol. The van der Waals surface area contributed by atoms with Crippen LogP contribution in [-0.4, -0.2) is 11.5 Å². The maximum Gasteiger partial charge on any atom is 0.0795 e. The van der Waals surface area contributed by atoms with Crippen molar-refractivity contribution >= 4 is 11.3 Å². The third-order valence-electron chi connectivity index (χ3n) is 4.04. The van der Waals surface area contributed by atoms with Gasteiger partial charge in [0.2, 0.25) is 0 Å². The lowest BCUT2D eigenvalue weighted by molar-refractivity contribution is 0.313. The molecule has 2 nitrogen and oxygen atoms in total. The molecule has 0 aliphatic heterocycles. The maximum absolute atomic E-state index is 4.49. The molecular formula is C15H26N2S. The molecule has 1 aliphatic rings. The summed E-state index contributed by atoms with van der Waals surface area (Å²) in [5.41, 5.74) is 3.21. The van der Waals surface area contributed by atoms with Crippen LogP contribution in [0.25, 0.3) is 0 Å². The van der Waals surface area contributed by atoms with Gasteiger partial charge < -0.3 is 5.32 Å². The normalized spacial score (nSPS) is 18.9. The van der Waals surface area contributed by atoms with Crippen molar-refractivity contribution in [2.75, 3.05) is 6.54 Å². The highest BCUT2D eigenvalue weighted by Gasteiger charge is 2.17. The minimum absolute atomic E-state index is 0.484. The minimum atomic E-state index is 0.484. The summed E-state index contributed by atoms with van der Waals surface area (Å²) in [5.74, 6) is 0.975. The Morgan fingerprint density at radius 3 is 2.89 bits per heavy atom. The third kappa shape index (κ3) is 4.36. The second kappa shape index (κ2) is 7.90. The molecule has 0 radical (unpaired) electrons. The first-order valence-electron chi connectivity index (χ1n) is 7.51. The Morgan fingerprint density at radius 2 is 2.22 bits per heavy atom. The van der Waals surface area contributed by atoms with E-state index in [1.54, 1.807) is 11.3 Å². The van der Waals surface area contributed by atoms with Gasteiger partial charge in [0.05, 0.1) is 17.2 Å². The van der Waals surface area contributed by atoms with Crippen molar-refractivity contribution in [2.24, 2.45) is 5.92 Å². The lowest BCUT2D eigenvalue weighted by atomic mass is 9.85. The number of aromatic nitrogens is 1. The summed E-state index contributed by atoms with van der Waals surface area (Å²) >= 11 is 1.71. The topological polar surface area (TPSA) is 24.9 Å². The Balaban J connectivity index is 1.80. The highest BCUT2D eigenvalue weighted by atomic mass is 32.1. The summed E-state index contributed by atoms with van der Waals surface area (Å²) in [7, 11) is 0. The lowest BCUT2D eigenvalue weighted by Crippen LogP contribution is -2.23. The highest BCUT2D eigenvalue weighted by molar-refractivity contribution is 7.07. The molecular weight excluding hydrogens is 240 g/mol. The number of hydrogen-bond acceptors (Lipinski definition) is 3. The van der Waals surface area contributed by atoms with Gasteiger partial charge in [-0.1, -0.05) is 39.0 Å². The lowest BCUT2D eigenvalue weighted by Gasteiger charge is -2.24. The fourth-order valence-electron chi connectivity index (χ4n) is 2.95. The first-order chi connectivity index (χ1) is 8.90. The van der Waals surface area contributed by atoms with Gasteiger partial charge in [0, 0.05) is 5.38 Å². The summed E-state index contributed by atoms with van der Waals surface area (Å²) in [4.78, 5) is 4.49. The summed E-state index contributed by atoms with van der Waals surface area (Å²) in [6.45, 7) is 3.33. The molecule has 2 rings (SSSR count). The first kappa shape index (κ1) is 14.0. The molecule has 1 aliphatic carbocycles. The predicted octanol–water partition coefficient (Wildman–Crippen LogP) is 4.54. The average molecular weight is 266 g/mol. The summed E-state index contributed by atoms with van der Waals surface area (Å²) in [5, 5.41) is 5.86. The number of rotatable bonds is 7. The smallest absolute Gasteiger partial charge is 0.0795 e. The zero-order valence-corrected chi connectivity index (χ0v) is 12.3. The second-order valence-corrected chi connectivity index (χ2v) is 6.22. The standard InChI is InChI=1S/C15H26N2S/c1-2-10-16-14(15-11-18-12-17-15)9-8-13-6-4-3-5-7-13/h11-14,16H,2-10H2,1H3. The first-order valence-corrected chi connectivity index (χ1v) is 8.46. The molecule has 102 valence electrons. The van der Waals surface area contributed by atoms with Crippen molar-refractivity contribution in [3.8, 4) is 0 Å². The van der Waals surface area contributed by atoms with Crippen LogP contribution in [0.3, 0.4) is 0 Å². The van der Waals surface area contributed by atoms with Crippen LogP contribution in [0.15, 0.2) is 10.9 Å². The molecule has 0 amide bonds. The Morgan fingerprint density at radius 1 is 1.39 bits per heavy atom. The molecule has 0 saturated heterocycles. The van der Waals surface area contributed by atoms with Crippen molar-refractivity contribution in [3.05, 3.63) is 16.6 Å². The molecule has 0 spiro atoms. The molecule has 1 N–H and O–H groups in total. The van der Waals surface area contributed by atoms with Gasteiger partial charge in [-0.3, -0.25) is 0 Å². The van der Waals surface area contributed by atoms with Gasteiger partial charge in [-0.25, -0.2) is 4.98 Å². The molecule has 1 aromatic rings. The molecule has 1 fully saturated rings. The molecule has 1 unspecified atom stereocenters. The second-order valence-electron chi connectivity index (χ2n) is 5.50. The van der Waals surface area contributed by atoms with Crippen molar-refractivity contribution < 1.29 is 0 Å². The van der Waals surface area contributed by atoms with Crippen LogP contribution in [0.4, 0.5) is 0 Å². The van der Waals surface area contributed by atoms with Crippen LogP contribution in [0.2, 0.25) is 0 Å². The van der Waals surface area contributed by atoms with E-state index in [1.165, 1.54) is 57.1 Å². The molecule has 1 saturated carbocycles. The predicted molar refractivity (Wildman–Crippen MR) is 79.0 cm³/mol. The molecule has 1 aromatic heterocycles. The van der Waals surface area contributed by atoms with Crippen molar-refractivity contribution in [2.45, 2.75) is 64.3 Å². The minimum Gasteiger partial charge on any atom is -0.309 e. The number of hydrogen-bond donors (Lipinski definition) is 1. The summed E-state index contributed by atoms with van der Waals surface area (Å²) in [6, 6.07) is 0.484. The molecule has 1 atom stereocenters. The molecule has 0 bridgehead atoms. The van der Waals surface area contributed by atoms with Crippen LogP contribution in [-0.2, 0) is 0 Å². The van der Waals surface area contributed by atoms with E-state index in [9.17, 15) is 0 Å². The van der Waals surface area contributed by atoms with Crippen molar-refractivity contribution in [1.29, 1.82) is 0 Å². The van der Waals surface area contributed by atoms with Crippen LogP contribution in [0, 0.1) is 5.92 Å². The van der Waals surface area contributed by atoms with Crippen LogP contribution >= 0.6 is 11.3 Å². The van der Waals surface area contributed by atoms with Gasteiger partial charge in [0.25, 0.3) is 0 Å². The van der Waals surface area contributed by atoms with E-state index in [4.69, 9.17) is 0 Å². The quantitative estimate of drug-likeness (QED) is 0.783. The fraction of sp³-hybridized carbons (Fsp3) is 0.800. The van der Waals surface area contributed by atoms with Gasteiger partial charge in [0.15, 0.2) is 0 Å². The third-order valence-corrected chi connectivity index (χ3v) is 4.64. The molecule has 1 heterocycles. The fourth-order valence-corrected chi connectivity index (χ4v) is 3.55. The van der Waals surface area contributed by atoms with Crippen LogP contribution in [0.5, 0.6) is 0 Å². The Kier molecular flexibility index (Phi) is 6.15. The summed E-state index contributed by atoms with van der Waals surface area (Å²) in [6.07, 6.45) is 11.1. The zero-order valence-electron chi connectivity index (χ0n) is 11.5. The van der Waals surface area contributed by atoms with Crippen molar-refractivity contribution in [1.82, 2.24) is 10.3 Å². The van der Waals surface area contributed by atoms with Gasteiger partial charge in [-0.15, -0.1) is 11.3 Å². The molecule has 0 aromatic carbocycles. The van der Waals surface area contributed by atoms with Crippen molar-refractivity contribution in [3.63, 3.8) is 0 Å². The average Bonchev–Trinajstić information content (AvgIpc) is 2.94. The Labute approximate surface area is 115 Å². The Bertz CT molecular complexity index is 304. The van der Waals surface area contributed by atoms with E-state index >= 15 is 0 Å². The summed E-state index contributed by atoms with van der Waals surface area (Å²) < 4.78 is 0. The van der Waals surface area contributed by atoms with E-state index in [0.717, 1.165) is 12.5 Å². The number of nitrogens with zero attached hydrogens (tertiary/aromatic N) is 1. The largest absolute Gasteiger partial charge is 0.309 e. The molecule has 18 heavy (non-hydrogen) atoms. The zero-order chi connectivity index (χ0) is 12.6. The maximum atomic E-state index is 4.49. The van der Waals surface area contributed by atoms with Gasteiger partial charge in [-0.2, -0.15) is 0 Å². The van der Waals surface area contributed by atoms with E-state index in [-0.39, 0.29) is 0 Å². The number of nitrogens with one attached hydrogen (secondary N) is 1. The van der Waals surface area contributed by atoms with E-state index in [0.29, 0.717) is 6.04 Å². The van der Waals surface area contributed by atoms with E-state index < -0.39 is 0 Å². The Hall–Kier alpha value is -0.410. The van der Waals surface area contributed by atoms with Crippen LogP contribution in [0.1, 0.15) is 70.0 Å².